The number of fused-ring (bicyclic) bond motifs is 1. The number of methoxy groups -OCH3 is 2. The molecule has 0 saturated carbocycles. The van der Waals surface area contributed by atoms with Gasteiger partial charge in [0.05, 0.1) is 31.4 Å². The Morgan fingerprint density at radius 1 is 1.03 bits per heavy atom. The minimum atomic E-state index is -1.01. The zero-order valence-corrected chi connectivity index (χ0v) is 18.1. The first kappa shape index (κ1) is 21.5. The van der Waals surface area contributed by atoms with E-state index < -0.39 is 22.8 Å². The van der Waals surface area contributed by atoms with Crippen LogP contribution in [0.5, 0.6) is 17.2 Å². The third-order valence-corrected chi connectivity index (χ3v) is 6.22. The van der Waals surface area contributed by atoms with E-state index in [1.807, 2.05) is 32.9 Å². The van der Waals surface area contributed by atoms with Crippen LogP contribution in [0.2, 0.25) is 0 Å². The van der Waals surface area contributed by atoms with E-state index in [0.29, 0.717) is 22.7 Å². The fraction of sp³-hybridized carbons (Fsp3) is 0.391. The van der Waals surface area contributed by atoms with Crippen LogP contribution >= 0.6 is 0 Å². The van der Waals surface area contributed by atoms with Gasteiger partial charge in [0.2, 0.25) is 11.8 Å². The molecule has 0 bridgehead atoms. The molecule has 0 fully saturated rings. The predicted molar refractivity (Wildman–Crippen MR) is 114 cm³/mol. The second kappa shape index (κ2) is 7.23. The SMILES string of the molecule is COc1ccc(C2(C)c3c(O)cc(OC)cc3N(C(C)=O)C(C)(C)C2C(N)=O)cc1. The summed E-state index contributed by atoms with van der Waals surface area (Å²) in [7, 11) is 3.06. The molecule has 1 aliphatic heterocycles. The van der Waals surface area contributed by atoms with Crippen molar-refractivity contribution in [1.82, 2.24) is 0 Å². The standard InChI is InChI=1S/C23H28N2O5/c1-13(26)25-17-11-16(30-6)12-18(27)19(17)23(4,20(21(24)28)22(25,2)3)14-7-9-15(29-5)10-8-14/h7-12,20,27H,1-6H3,(H2,24,28). The highest BCUT2D eigenvalue weighted by atomic mass is 16.5. The normalized spacial score (nSPS) is 22.2. The molecule has 0 saturated heterocycles. The van der Waals surface area contributed by atoms with Crippen molar-refractivity contribution >= 4 is 17.5 Å². The number of phenols is 1. The van der Waals surface area contributed by atoms with Crippen LogP contribution in [-0.2, 0) is 15.0 Å². The minimum Gasteiger partial charge on any atom is -0.507 e. The van der Waals surface area contributed by atoms with Gasteiger partial charge in [-0.2, -0.15) is 0 Å². The van der Waals surface area contributed by atoms with Gasteiger partial charge >= 0.3 is 0 Å². The van der Waals surface area contributed by atoms with E-state index in [2.05, 4.69) is 0 Å². The maximum Gasteiger partial charge on any atom is 0.224 e. The molecule has 0 aromatic heterocycles. The summed E-state index contributed by atoms with van der Waals surface area (Å²) in [5, 5.41) is 11.0. The van der Waals surface area contributed by atoms with Crippen LogP contribution in [0.1, 0.15) is 38.8 Å². The van der Waals surface area contributed by atoms with Crippen molar-refractivity contribution in [3.05, 3.63) is 47.5 Å². The number of phenolic OH excluding ortho intramolecular Hbond substituents is 1. The van der Waals surface area contributed by atoms with Crippen molar-refractivity contribution in [2.24, 2.45) is 11.7 Å². The molecule has 0 spiro atoms. The van der Waals surface area contributed by atoms with Crippen LogP contribution < -0.4 is 20.1 Å². The molecular formula is C23H28N2O5. The van der Waals surface area contributed by atoms with Crippen LogP contribution in [0.4, 0.5) is 5.69 Å². The Morgan fingerprint density at radius 3 is 2.07 bits per heavy atom. The molecule has 30 heavy (non-hydrogen) atoms. The quantitative estimate of drug-likeness (QED) is 0.804. The summed E-state index contributed by atoms with van der Waals surface area (Å²) in [4.78, 5) is 27.1. The summed E-state index contributed by atoms with van der Waals surface area (Å²) in [5.41, 5.74) is 5.65. The van der Waals surface area contributed by atoms with Gasteiger partial charge in [0.1, 0.15) is 17.2 Å². The second-order valence-corrected chi connectivity index (χ2v) is 8.31. The predicted octanol–water partition coefficient (Wildman–Crippen LogP) is 2.96. The van der Waals surface area contributed by atoms with Gasteiger partial charge in [-0.05, 0) is 31.5 Å². The highest BCUT2D eigenvalue weighted by molar-refractivity contribution is 5.99. The molecule has 2 amide bonds. The van der Waals surface area contributed by atoms with Gasteiger partial charge in [-0.15, -0.1) is 0 Å². The Bertz CT molecular complexity index is 999. The van der Waals surface area contributed by atoms with E-state index in [4.69, 9.17) is 15.2 Å². The first-order valence-corrected chi connectivity index (χ1v) is 9.66. The fourth-order valence-corrected chi connectivity index (χ4v) is 5.16. The molecule has 7 heteroatoms. The molecule has 2 aromatic carbocycles. The number of hydrogen-bond acceptors (Lipinski definition) is 5. The Balaban J connectivity index is 2.46. The zero-order chi connectivity index (χ0) is 22.4. The summed E-state index contributed by atoms with van der Waals surface area (Å²) < 4.78 is 10.6. The molecule has 1 aliphatic rings. The summed E-state index contributed by atoms with van der Waals surface area (Å²) in [6, 6.07) is 10.5. The van der Waals surface area contributed by atoms with Gasteiger partial charge in [-0.1, -0.05) is 19.1 Å². The van der Waals surface area contributed by atoms with Crippen LogP contribution in [0.15, 0.2) is 36.4 Å². The summed E-state index contributed by atoms with van der Waals surface area (Å²) >= 11 is 0. The lowest BCUT2D eigenvalue weighted by molar-refractivity contribution is -0.127. The number of ether oxygens (including phenoxy) is 2. The minimum absolute atomic E-state index is 0.0735. The number of nitrogens with two attached hydrogens (primary N) is 1. The molecule has 3 N–H and O–H groups in total. The maximum atomic E-state index is 12.8. The Morgan fingerprint density at radius 2 is 1.60 bits per heavy atom. The molecule has 160 valence electrons. The van der Waals surface area contributed by atoms with Crippen molar-refractivity contribution in [3.8, 4) is 17.2 Å². The zero-order valence-electron chi connectivity index (χ0n) is 18.1. The van der Waals surface area contributed by atoms with Gasteiger partial charge in [-0.3, -0.25) is 9.59 Å². The van der Waals surface area contributed by atoms with E-state index in [1.165, 1.54) is 25.0 Å². The lowest BCUT2D eigenvalue weighted by Crippen LogP contribution is -2.65. The molecule has 0 aliphatic carbocycles. The van der Waals surface area contributed by atoms with Crippen molar-refractivity contribution in [1.29, 1.82) is 0 Å². The average Bonchev–Trinajstić information content (AvgIpc) is 2.65. The third-order valence-electron chi connectivity index (χ3n) is 6.22. The van der Waals surface area contributed by atoms with Gasteiger partial charge in [0, 0.05) is 30.0 Å². The Labute approximate surface area is 176 Å². The highest BCUT2D eigenvalue weighted by Crippen LogP contribution is 2.57. The fourth-order valence-electron chi connectivity index (χ4n) is 5.16. The average molecular weight is 412 g/mol. The largest absolute Gasteiger partial charge is 0.507 e. The molecule has 2 unspecified atom stereocenters. The Hall–Kier alpha value is -3.22. The van der Waals surface area contributed by atoms with E-state index in [-0.39, 0.29) is 11.7 Å². The number of benzene rings is 2. The van der Waals surface area contributed by atoms with Crippen molar-refractivity contribution < 1.29 is 24.2 Å². The first-order valence-electron chi connectivity index (χ1n) is 9.66. The van der Waals surface area contributed by atoms with E-state index in [1.54, 1.807) is 25.3 Å². The lowest BCUT2D eigenvalue weighted by atomic mass is 9.57. The van der Waals surface area contributed by atoms with Gasteiger partial charge in [0.25, 0.3) is 0 Å². The number of hydrogen-bond donors (Lipinski definition) is 2. The molecule has 0 radical (unpaired) electrons. The number of aromatic hydroxyl groups is 1. The van der Waals surface area contributed by atoms with Crippen LogP contribution in [0.3, 0.4) is 0 Å². The van der Waals surface area contributed by atoms with E-state index in [0.717, 1.165) is 5.56 Å². The molecule has 2 atom stereocenters. The van der Waals surface area contributed by atoms with Crippen molar-refractivity contribution in [2.45, 2.75) is 38.6 Å². The number of anilines is 1. The topological polar surface area (TPSA) is 102 Å². The number of primary amides is 1. The maximum absolute atomic E-state index is 12.8. The lowest BCUT2D eigenvalue weighted by Gasteiger charge is -2.55. The van der Waals surface area contributed by atoms with Gasteiger partial charge < -0.3 is 25.2 Å². The molecular weight excluding hydrogens is 384 g/mol. The third kappa shape index (κ3) is 2.96. The summed E-state index contributed by atoms with van der Waals surface area (Å²) in [5.74, 6) is -0.660. The molecule has 3 rings (SSSR count). The van der Waals surface area contributed by atoms with Gasteiger partial charge in [0.15, 0.2) is 0 Å². The molecule has 7 nitrogen and oxygen atoms in total. The van der Waals surface area contributed by atoms with Crippen molar-refractivity contribution in [2.75, 3.05) is 19.1 Å². The summed E-state index contributed by atoms with van der Waals surface area (Å²) in [6.45, 7) is 6.92. The van der Waals surface area contributed by atoms with Crippen LogP contribution in [0, 0.1) is 5.92 Å². The summed E-state index contributed by atoms with van der Waals surface area (Å²) in [6.07, 6.45) is 0. The number of carbonyl (C=O) groups is 2. The van der Waals surface area contributed by atoms with Gasteiger partial charge in [-0.25, -0.2) is 0 Å². The number of carbonyl (C=O) groups excluding carboxylic acids is 2. The number of nitrogens with zero attached hydrogens (tertiary/aromatic N) is 1. The first-order chi connectivity index (χ1) is 14.0. The van der Waals surface area contributed by atoms with E-state index >= 15 is 0 Å². The monoisotopic (exact) mass is 412 g/mol. The number of rotatable bonds is 4. The van der Waals surface area contributed by atoms with Crippen LogP contribution in [0.25, 0.3) is 0 Å². The molecule has 2 aromatic rings. The Kier molecular flexibility index (Phi) is 5.18. The number of amides is 2. The van der Waals surface area contributed by atoms with Crippen molar-refractivity contribution in [3.63, 3.8) is 0 Å². The molecule has 1 heterocycles. The smallest absolute Gasteiger partial charge is 0.224 e. The van der Waals surface area contributed by atoms with Crippen LogP contribution in [-0.4, -0.2) is 36.7 Å². The van der Waals surface area contributed by atoms with E-state index in [9.17, 15) is 14.7 Å². The second-order valence-electron chi connectivity index (χ2n) is 8.31. The highest BCUT2D eigenvalue weighted by Gasteiger charge is 2.58.